The molecular weight excluding hydrogens is 224 g/mol. The van der Waals surface area contributed by atoms with E-state index in [4.69, 9.17) is 0 Å². The largest absolute Gasteiger partial charge is 0.341 e. The van der Waals surface area contributed by atoms with Crippen LogP contribution in [0.4, 0.5) is 0 Å². The highest BCUT2D eigenvalue weighted by molar-refractivity contribution is 5.82. The molecule has 1 amide bonds. The fourth-order valence-corrected chi connectivity index (χ4v) is 3.32. The first-order valence-electron chi connectivity index (χ1n) is 7.74. The minimum Gasteiger partial charge on any atom is -0.341 e. The number of likely N-dealkylation sites (N-methyl/N-ethyl adjacent to an activating group) is 2. The van der Waals surface area contributed by atoms with Crippen LogP contribution in [0.1, 0.15) is 58.3 Å². The van der Waals surface area contributed by atoms with Crippen LogP contribution in [-0.4, -0.2) is 36.5 Å². The fraction of sp³-hybridized carbons (Fsp3) is 0.933. The van der Waals surface area contributed by atoms with Crippen LogP contribution in [0.2, 0.25) is 0 Å². The second-order valence-electron chi connectivity index (χ2n) is 5.97. The van der Waals surface area contributed by atoms with Gasteiger partial charge in [-0.25, -0.2) is 0 Å². The van der Waals surface area contributed by atoms with Crippen molar-refractivity contribution in [3.8, 4) is 0 Å². The van der Waals surface area contributed by atoms with E-state index in [2.05, 4.69) is 12.2 Å². The lowest BCUT2D eigenvalue weighted by Crippen LogP contribution is -2.53. The molecule has 0 aromatic carbocycles. The number of nitrogens with zero attached hydrogens (tertiary/aromatic N) is 1. The molecule has 2 aliphatic rings. The molecule has 0 bridgehead atoms. The Morgan fingerprint density at radius 3 is 2.33 bits per heavy atom. The van der Waals surface area contributed by atoms with Gasteiger partial charge in [-0.15, -0.1) is 0 Å². The molecule has 0 heterocycles. The fourth-order valence-electron chi connectivity index (χ4n) is 3.32. The van der Waals surface area contributed by atoms with Crippen LogP contribution in [0.5, 0.6) is 0 Å². The lowest BCUT2D eigenvalue weighted by Gasteiger charge is -2.39. The van der Waals surface area contributed by atoms with Crippen molar-refractivity contribution in [2.75, 3.05) is 13.6 Å². The predicted octanol–water partition coefficient (Wildman–Crippen LogP) is 2.56. The molecular formula is C15H28N2O. The zero-order chi connectivity index (χ0) is 13.0. The number of hydrogen-bond donors (Lipinski definition) is 1. The summed E-state index contributed by atoms with van der Waals surface area (Å²) in [6.45, 7) is 3.00. The molecule has 0 aromatic heterocycles. The highest BCUT2D eigenvalue weighted by Gasteiger charge is 2.34. The topological polar surface area (TPSA) is 32.3 Å². The average molecular weight is 252 g/mol. The van der Waals surface area contributed by atoms with E-state index < -0.39 is 0 Å². The smallest absolute Gasteiger partial charge is 0.239 e. The normalized spacial score (nSPS) is 23.4. The number of carbonyl (C=O) groups is 1. The maximum Gasteiger partial charge on any atom is 0.239 e. The number of hydrogen-bond acceptors (Lipinski definition) is 2. The third-order valence-corrected chi connectivity index (χ3v) is 4.78. The summed E-state index contributed by atoms with van der Waals surface area (Å²) < 4.78 is 0. The van der Waals surface area contributed by atoms with Crippen molar-refractivity contribution < 1.29 is 4.79 Å². The van der Waals surface area contributed by atoms with E-state index in [1.807, 2.05) is 11.9 Å². The van der Waals surface area contributed by atoms with Crippen molar-refractivity contribution in [3.05, 3.63) is 0 Å². The molecule has 3 heteroatoms. The van der Waals surface area contributed by atoms with Gasteiger partial charge in [-0.2, -0.15) is 0 Å². The molecule has 2 fully saturated rings. The molecule has 0 unspecified atom stereocenters. The van der Waals surface area contributed by atoms with Crippen LogP contribution in [-0.2, 0) is 4.79 Å². The first kappa shape index (κ1) is 13.9. The number of amides is 1. The summed E-state index contributed by atoms with van der Waals surface area (Å²) >= 11 is 0. The van der Waals surface area contributed by atoms with E-state index in [0.29, 0.717) is 17.9 Å². The Balaban J connectivity index is 1.96. The Morgan fingerprint density at radius 2 is 1.83 bits per heavy atom. The first-order valence-corrected chi connectivity index (χ1v) is 7.74. The highest BCUT2D eigenvalue weighted by Crippen LogP contribution is 2.29. The average Bonchev–Trinajstić information content (AvgIpc) is 2.34. The summed E-state index contributed by atoms with van der Waals surface area (Å²) in [7, 11) is 2.00. The number of carbonyl (C=O) groups excluding carboxylic acids is 1. The molecule has 0 aliphatic heterocycles. The molecule has 18 heavy (non-hydrogen) atoms. The summed E-state index contributed by atoms with van der Waals surface area (Å²) in [5, 5.41) is 3.44. The van der Waals surface area contributed by atoms with Gasteiger partial charge < -0.3 is 10.2 Å². The van der Waals surface area contributed by atoms with E-state index in [-0.39, 0.29) is 6.04 Å². The van der Waals surface area contributed by atoms with Crippen LogP contribution in [0.25, 0.3) is 0 Å². The number of rotatable bonds is 5. The van der Waals surface area contributed by atoms with Gasteiger partial charge in [0.05, 0.1) is 6.04 Å². The van der Waals surface area contributed by atoms with Crippen LogP contribution in [0, 0.1) is 5.92 Å². The van der Waals surface area contributed by atoms with Gasteiger partial charge >= 0.3 is 0 Å². The summed E-state index contributed by atoms with van der Waals surface area (Å²) in [6.07, 6.45) is 10.1. The van der Waals surface area contributed by atoms with Gasteiger partial charge in [0.1, 0.15) is 0 Å². The van der Waals surface area contributed by atoms with Crippen LogP contribution < -0.4 is 5.32 Å². The summed E-state index contributed by atoms with van der Waals surface area (Å²) in [6, 6.07) is 0.586. The molecule has 0 aromatic rings. The maximum absolute atomic E-state index is 12.6. The van der Waals surface area contributed by atoms with Crippen molar-refractivity contribution in [2.24, 2.45) is 5.92 Å². The molecule has 1 atom stereocenters. The van der Waals surface area contributed by atoms with E-state index in [1.54, 1.807) is 0 Å². The standard InChI is InChI=1S/C15H28N2O/c1-3-16-14(12-8-5-4-6-9-12)15(18)17(2)13-10-7-11-13/h12-14,16H,3-11H2,1-2H3/t14-/m0/s1. The zero-order valence-corrected chi connectivity index (χ0v) is 12.0. The predicted molar refractivity (Wildman–Crippen MR) is 74.4 cm³/mol. The summed E-state index contributed by atoms with van der Waals surface area (Å²) in [4.78, 5) is 14.6. The Hall–Kier alpha value is -0.570. The van der Waals surface area contributed by atoms with Gasteiger partial charge in [0.15, 0.2) is 0 Å². The van der Waals surface area contributed by atoms with E-state index in [9.17, 15) is 4.79 Å². The molecule has 2 saturated carbocycles. The van der Waals surface area contributed by atoms with E-state index in [1.165, 1.54) is 51.4 Å². The van der Waals surface area contributed by atoms with Gasteiger partial charge in [0, 0.05) is 13.1 Å². The summed E-state index contributed by atoms with van der Waals surface area (Å²) in [5.74, 6) is 0.905. The van der Waals surface area contributed by atoms with Crippen molar-refractivity contribution in [2.45, 2.75) is 70.4 Å². The van der Waals surface area contributed by atoms with Crippen LogP contribution in [0.3, 0.4) is 0 Å². The van der Waals surface area contributed by atoms with Crippen LogP contribution >= 0.6 is 0 Å². The molecule has 3 nitrogen and oxygen atoms in total. The minimum atomic E-state index is 0.0703. The third kappa shape index (κ3) is 3.05. The first-order chi connectivity index (χ1) is 8.74. The number of nitrogens with one attached hydrogen (secondary N) is 1. The lowest BCUT2D eigenvalue weighted by molar-refractivity contribution is -0.137. The van der Waals surface area contributed by atoms with Crippen molar-refractivity contribution in [3.63, 3.8) is 0 Å². The van der Waals surface area contributed by atoms with Gasteiger partial charge in [0.25, 0.3) is 0 Å². The van der Waals surface area contributed by atoms with E-state index >= 15 is 0 Å². The van der Waals surface area contributed by atoms with Crippen LogP contribution in [0.15, 0.2) is 0 Å². The quantitative estimate of drug-likeness (QED) is 0.815. The van der Waals surface area contributed by atoms with E-state index in [0.717, 1.165) is 6.54 Å². The highest BCUT2D eigenvalue weighted by atomic mass is 16.2. The Labute approximate surface area is 111 Å². The Bertz CT molecular complexity index is 270. The third-order valence-electron chi connectivity index (χ3n) is 4.78. The molecule has 0 spiro atoms. The molecule has 2 rings (SSSR count). The monoisotopic (exact) mass is 252 g/mol. The Kier molecular flexibility index (Phi) is 5.04. The molecule has 0 saturated heterocycles. The SMILES string of the molecule is CCN[C@H](C(=O)N(C)C1CCC1)C1CCCCC1. The zero-order valence-electron chi connectivity index (χ0n) is 12.0. The second-order valence-corrected chi connectivity index (χ2v) is 5.97. The van der Waals surface area contributed by atoms with Crippen molar-refractivity contribution >= 4 is 5.91 Å². The lowest BCUT2D eigenvalue weighted by atomic mass is 9.82. The summed E-state index contributed by atoms with van der Waals surface area (Å²) in [5.41, 5.74) is 0. The van der Waals surface area contributed by atoms with Gasteiger partial charge in [-0.05, 0) is 44.6 Å². The molecule has 1 N–H and O–H groups in total. The molecule has 2 aliphatic carbocycles. The van der Waals surface area contributed by atoms with Crippen molar-refractivity contribution in [1.29, 1.82) is 0 Å². The van der Waals surface area contributed by atoms with Gasteiger partial charge in [-0.3, -0.25) is 4.79 Å². The van der Waals surface area contributed by atoms with Crippen molar-refractivity contribution in [1.82, 2.24) is 10.2 Å². The van der Waals surface area contributed by atoms with Gasteiger partial charge in [-0.1, -0.05) is 26.2 Å². The minimum absolute atomic E-state index is 0.0703. The molecule has 0 radical (unpaired) electrons. The van der Waals surface area contributed by atoms with Gasteiger partial charge in [0.2, 0.25) is 5.91 Å². The Morgan fingerprint density at radius 1 is 1.17 bits per heavy atom. The second kappa shape index (κ2) is 6.55. The molecule has 104 valence electrons. The maximum atomic E-state index is 12.6.